The standard InChI is InChI=1S/C10H16N4O4/c1-13-9(15)8(12-14(2)10(13)16)18-6-7-5-11-3-4-17-7/h7,11H,3-6H2,1-2H3. The SMILES string of the molecule is Cn1nc(OCC2CNCCO2)c(=O)n(C)c1=O. The minimum atomic E-state index is -0.540. The molecule has 18 heavy (non-hydrogen) atoms. The summed E-state index contributed by atoms with van der Waals surface area (Å²) in [6.07, 6.45) is -0.109. The van der Waals surface area contributed by atoms with Crippen molar-refractivity contribution < 1.29 is 9.47 Å². The highest BCUT2D eigenvalue weighted by Crippen LogP contribution is 2.00. The van der Waals surface area contributed by atoms with Crippen LogP contribution in [0, 0.1) is 0 Å². The van der Waals surface area contributed by atoms with E-state index in [1.54, 1.807) is 0 Å². The summed E-state index contributed by atoms with van der Waals surface area (Å²) in [4.78, 5) is 23.1. The minimum absolute atomic E-state index is 0.0891. The molecule has 1 aliphatic heterocycles. The molecule has 0 amide bonds. The molecule has 0 aliphatic carbocycles. The van der Waals surface area contributed by atoms with Crippen molar-refractivity contribution in [3.63, 3.8) is 0 Å². The Morgan fingerprint density at radius 1 is 1.50 bits per heavy atom. The van der Waals surface area contributed by atoms with Crippen LogP contribution in [0.4, 0.5) is 0 Å². The third kappa shape index (κ3) is 2.59. The number of aromatic nitrogens is 3. The molecule has 0 saturated carbocycles. The van der Waals surface area contributed by atoms with Crippen molar-refractivity contribution in [3.8, 4) is 5.88 Å². The smallest absolute Gasteiger partial charge is 0.347 e. The summed E-state index contributed by atoms with van der Waals surface area (Å²) >= 11 is 0. The first-order chi connectivity index (χ1) is 8.59. The van der Waals surface area contributed by atoms with E-state index >= 15 is 0 Å². The van der Waals surface area contributed by atoms with Crippen molar-refractivity contribution in [2.75, 3.05) is 26.3 Å². The fraction of sp³-hybridized carbons (Fsp3) is 0.700. The second kappa shape index (κ2) is 5.32. The Morgan fingerprint density at radius 2 is 2.28 bits per heavy atom. The van der Waals surface area contributed by atoms with Crippen LogP contribution in [0.1, 0.15) is 0 Å². The van der Waals surface area contributed by atoms with Crippen LogP contribution < -0.4 is 21.3 Å². The summed E-state index contributed by atoms with van der Waals surface area (Å²) < 4.78 is 12.8. The van der Waals surface area contributed by atoms with Crippen molar-refractivity contribution in [2.45, 2.75) is 6.10 Å². The van der Waals surface area contributed by atoms with Crippen LogP contribution in [0.25, 0.3) is 0 Å². The summed E-state index contributed by atoms with van der Waals surface area (Å²) in [7, 11) is 2.85. The lowest BCUT2D eigenvalue weighted by Gasteiger charge is -2.23. The highest BCUT2D eigenvalue weighted by molar-refractivity contribution is 5.01. The van der Waals surface area contributed by atoms with Gasteiger partial charge in [-0.25, -0.2) is 9.48 Å². The Morgan fingerprint density at radius 3 is 2.94 bits per heavy atom. The van der Waals surface area contributed by atoms with Crippen molar-refractivity contribution in [3.05, 3.63) is 20.8 Å². The van der Waals surface area contributed by atoms with E-state index in [0.717, 1.165) is 15.8 Å². The predicted molar refractivity (Wildman–Crippen MR) is 62.8 cm³/mol. The van der Waals surface area contributed by atoms with E-state index in [9.17, 15) is 9.59 Å². The molecule has 100 valence electrons. The van der Waals surface area contributed by atoms with E-state index in [4.69, 9.17) is 9.47 Å². The molecule has 1 N–H and O–H groups in total. The van der Waals surface area contributed by atoms with Gasteiger partial charge in [0.1, 0.15) is 12.7 Å². The molecular formula is C10H16N4O4. The zero-order valence-corrected chi connectivity index (χ0v) is 10.4. The third-order valence-corrected chi connectivity index (χ3v) is 2.70. The van der Waals surface area contributed by atoms with E-state index in [0.29, 0.717) is 13.2 Å². The maximum Gasteiger partial charge on any atom is 0.347 e. The normalized spacial score (nSPS) is 19.8. The van der Waals surface area contributed by atoms with E-state index in [1.165, 1.54) is 14.1 Å². The number of aryl methyl sites for hydroxylation is 1. The second-order valence-corrected chi connectivity index (χ2v) is 4.08. The van der Waals surface area contributed by atoms with Gasteiger partial charge in [-0.05, 0) is 0 Å². The van der Waals surface area contributed by atoms with Crippen LogP contribution in [-0.4, -0.2) is 46.8 Å². The lowest BCUT2D eigenvalue weighted by atomic mass is 10.3. The van der Waals surface area contributed by atoms with Gasteiger partial charge in [0.2, 0.25) is 0 Å². The Hall–Kier alpha value is -1.67. The van der Waals surface area contributed by atoms with Gasteiger partial charge in [0.05, 0.1) is 6.61 Å². The predicted octanol–water partition coefficient (Wildman–Crippen LogP) is -2.15. The second-order valence-electron chi connectivity index (χ2n) is 4.08. The molecule has 1 fully saturated rings. The molecule has 1 aromatic heterocycles. The van der Waals surface area contributed by atoms with E-state index in [2.05, 4.69) is 10.4 Å². The number of rotatable bonds is 3. The molecule has 2 heterocycles. The van der Waals surface area contributed by atoms with E-state index in [1.807, 2.05) is 0 Å². The van der Waals surface area contributed by atoms with Crippen molar-refractivity contribution >= 4 is 0 Å². The molecule has 0 radical (unpaired) electrons. The van der Waals surface area contributed by atoms with Gasteiger partial charge < -0.3 is 14.8 Å². The van der Waals surface area contributed by atoms with E-state index in [-0.39, 0.29) is 18.6 Å². The highest BCUT2D eigenvalue weighted by atomic mass is 16.5. The zero-order chi connectivity index (χ0) is 13.1. The monoisotopic (exact) mass is 256 g/mol. The number of nitrogens with one attached hydrogen (secondary N) is 1. The molecule has 1 saturated heterocycles. The van der Waals surface area contributed by atoms with Crippen LogP contribution in [-0.2, 0) is 18.8 Å². The number of nitrogens with zero attached hydrogens (tertiary/aromatic N) is 3. The molecule has 0 spiro atoms. The largest absolute Gasteiger partial charge is 0.470 e. The summed E-state index contributed by atoms with van der Waals surface area (Å²) in [6.45, 7) is 2.34. The average molecular weight is 256 g/mol. The van der Waals surface area contributed by atoms with Crippen LogP contribution in [0.3, 0.4) is 0 Å². The summed E-state index contributed by atoms with van der Waals surface area (Å²) in [5.41, 5.74) is -1.02. The average Bonchev–Trinajstić information content (AvgIpc) is 2.40. The lowest BCUT2D eigenvalue weighted by molar-refractivity contribution is -0.00164. The van der Waals surface area contributed by atoms with Crippen LogP contribution in [0.15, 0.2) is 9.59 Å². The van der Waals surface area contributed by atoms with Gasteiger partial charge in [0.15, 0.2) is 0 Å². The maximum absolute atomic E-state index is 11.7. The molecule has 1 aliphatic rings. The molecule has 1 atom stereocenters. The van der Waals surface area contributed by atoms with Crippen LogP contribution in [0.2, 0.25) is 0 Å². The molecule has 2 rings (SSSR count). The maximum atomic E-state index is 11.7. The van der Waals surface area contributed by atoms with Gasteiger partial charge in [-0.3, -0.25) is 9.36 Å². The molecule has 8 nitrogen and oxygen atoms in total. The first kappa shape index (κ1) is 12.8. The van der Waals surface area contributed by atoms with E-state index < -0.39 is 11.2 Å². The summed E-state index contributed by atoms with van der Waals surface area (Å²) in [5.74, 6) is -0.0891. The van der Waals surface area contributed by atoms with Gasteiger partial charge >= 0.3 is 11.2 Å². The first-order valence-corrected chi connectivity index (χ1v) is 5.69. The van der Waals surface area contributed by atoms with Gasteiger partial charge in [-0.15, -0.1) is 5.10 Å². The van der Waals surface area contributed by atoms with Gasteiger partial charge in [-0.1, -0.05) is 0 Å². The molecule has 8 heteroatoms. The molecule has 0 bridgehead atoms. The highest BCUT2D eigenvalue weighted by Gasteiger charge is 2.16. The molecule has 0 aromatic carbocycles. The number of hydrogen-bond donors (Lipinski definition) is 1. The molecule has 1 aromatic rings. The Bertz CT molecular complexity index is 530. The first-order valence-electron chi connectivity index (χ1n) is 5.69. The third-order valence-electron chi connectivity index (χ3n) is 2.70. The van der Waals surface area contributed by atoms with Gasteiger partial charge in [0, 0.05) is 27.2 Å². The summed E-state index contributed by atoms with van der Waals surface area (Å²) in [6, 6.07) is 0. The molecular weight excluding hydrogens is 240 g/mol. The zero-order valence-electron chi connectivity index (χ0n) is 10.4. The fourth-order valence-electron chi connectivity index (χ4n) is 1.66. The number of ether oxygens (including phenoxy) is 2. The minimum Gasteiger partial charge on any atom is -0.470 e. The Labute approximate surface area is 103 Å². The lowest BCUT2D eigenvalue weighted by Crippen LogP contribution is -2.43. The Balaban J connectivity index is 2.10. The fourth-order valence-corrected chi connectivity index (χ4v) is 1.66. The topological polar surface area (TPSA) is 87.4 Å². The van der Waals surface area contributed by atoms with Crippen LogP contribution in [0.5, 0.6) is 5.88 Å². The quantitative estimate of drug-likeness (QED) is 0.663. The molecule has 1 unspecified atom stereocenters. The number of morpholine rings is 1. The Kier molecular flexibility index (Phi) is 3.78. The van der Waals surface area contributed by atoms with Crippen molar-refractivity contribution in [1.82, 2.24) is 19.7 Å². The summed E-state index contributed by atoms with van der Waals surface area (Å²) in [5, 5.41) is 6.94. The number of hydrogen-bond acceptors (Lipinski definition) is 6. The van der Waals surface area contributed by atoms with Crippen molar-refractivity contribution in [1.29, 1.82) is 0 Å². The van der Waals surface area contributed by atoms with Crippen LogP contribution >= 0.6 is 0 Å². The van der Waals surface area contributed by atoms with Gasteiger partial charge in [-0.2, -0.15) is 0 Å². The van der Waals surface area contributed by atoms with Crippen molar-refractivity contribution in [2.24, 2.45) is 14.1 Å². The van der Waals surface area contributed by atoms with Gasteiger partial charge in [0.25, 0.3) is 5.88 Å².